The maximum absolute atomic E-state index is 12.1. The molecule has 0 bridgehead atoms. The van der Waals surface area contributed by atoms with Crippen molar-refractivity contribution in [2.24, 2.45) is 0 Å². The smallest absolute Gasteiger partial charge is 0.273 e. The number of nitrogens with one attached hydrogen (secondary N) is 1. The van der Waals surface area contributed by atoms with Crippen molar-refractivity contribution in [2.45, 2.75) is 40.0 Å². The molecule has 0 saturated carbocycles. The van der Waals surface area contributed by atoms with Gasteiger partial charge in [0.2, 0.25) is 5.89 Å². The van der Waals surface area contributed by atoms with E-state index in [9.17, 15) is 4.79 Å². The Hall–Kier alpha value is -2.10. The molecule has 0 aliphatic carbocycles. The Morgan fingerprint density at radius 2 is 1.95 bits per heavy atom. The lowest BCUT2D eigenvalue weighted by molar-refractivity contribution is 0.0947. The van der Waals surface area contributed by atoms with E-state index >= 15 is 0 Å². The van der Waals surface area contributed by atoms with E-state index in [1.165, 1.54) is 5.56 Å². The van der Waals surface area contributed by atoms with Crippen LogP contribution in [0.1, 0.15) is 48.5 Å². The molecule has 1 amide bonds. The molecule has 0 atom stereocenters. The summed E-state index contributed by atoms with van der Waals surface area (Å²) in [6, 6.07) is 8.05. The van der Waals surface area contributed by atoms with Crippen molar-refractivity contribution < 1.29 is 9.21 Å². The predicted octanol–water partition coefficient (Wildman–Crippen LogP) is 3.74. The summed E-state index contributed by atoms with van der Waals surface area (Å²) < 4.78 is 5.63. The van der Waals surface area contributed by atoms with Gasteiger partial charge in [0.1, 0.15) is 5.76 Å². The van der Waals surface area contributed by atoms with Crippen LogP contribution in [0.15, 0.2) is 28.7 Å². The predicted molar refractivity (Wildman–Crippen MR) is 83.3 cm³/mol. The van der Waals surface area contributed by atoms with Gasteiger partial charge in [-0.25, -0.2) is 4.98 Å². The number of aromatic nitrogens is 1. The molecule has 0 unspecified atom stereocenters. The number of aryl methyl sites for hydroxylation is 2. The second kappa shape index (κ2) is 7.07. The molecule has 0 aliphatic heterocycles. The van der Waals surface area contributed by atoms with Gasteiger partial charge < -0.3 is 9.73 Å². The van der Waals surface area contributed by atoms with Crippen molar-refractivity contribution >= 4 is 5.91 Å². The SMILES string of the molecule is CCCCNC(=O)c1nc(-c2ccc(CC)cc2)oc1C. The molecule has 1 aromatic carbocycles. The van der Waals surface area contributed by atoms with Crippen LogP contribution in [0.3, 0.4) is 0 Å². The number of unbranched alkanes of at least 4 members (excludes halogenated alkanes) is 1. The largest absolute Gasteiger partial charge is 0.441 e. The monoisotopic (exact) mass is 286 g/mol. The van der Waals surface area contributed by atoms with Crippen LogP contribution in [0.5, 0.6) is 0 Å². The number of oxazole rings is 1. The molecular formula is C17H22N2O2. The number of benzene rings is 1. The van der Waals surface area contributed by atoms with Crippen LogP contribution in [0.2, 0.25) is 0 Å². The fourth-order valence-electron chi connectivity index (χ4n) is 2.08. The number of carbonyl (C=O) groups is 1. The second-order valence-electron chi connectivity index (χ2n) is 5.08. The highest BCUT2D eigenvalue weighted by Gasteiger charge is 2.17. The Morgan fingerprint density at radius 1 is 1.24 bits per heavy atom. The number of nitrogens with zero attached hydrogens (tertiary/aromatic N) is 1. The molecule has 0 spiro atoms. The number of rotatable bonds is 6. The van der Waals surface area contributed by atoms with Gasteiger partial charge >= 0.3 is 0 Å². The number of carbonyl (C=O) groups excluding carboxylic acids is 1. The molecule has 1 aromatic heterocycles. The molecule has 1 N–H and O–H groups in total. The Morgan fingerprint density at radius 3 is 2.57 bits per heavy atom. The fourth-order valence-corrected chi connectivity index (χ4v) is 2.08. The normalized spacial score (nSPS) is 10.6. The Balaban J connectivity index is 2.15. The van der Waals surface area contributed by atoms with Gasteiger partial charge in [0.15, 0.2) is 5.69 Å². The van der Waals surface area contributed by atoms with Crippen molar-refractivity contribution in [3.63, 3.8) is 0 Å². The van der Waals surface area contributed by atoms with Gasteiger partial charge in [-0.15, -0.1) is 0 Å². The first-order valence-corrected chi connectivity index (χ1v) is 7.50. The second-order valence-corrected chi connectivity index (χ2v) is 5.08. The van der Waals surface area contributed by atoms with Crippen molar-refractivity contribution in [1.82, 2.24) is 10.3 Å². The van der Waals surface area contributed by atoms with E-state index < -0.39 is 0 Å². The Labute approximate surface area is 125 Å². The zero-order valence-corrected chi connectivity index (χ0v) is 12.9. The lowest BCUT2D eigenvalue weighted by Gasteiger charge is -2.01. The highest BCUT2D eigenvalue weighted by Crippen LogP contribution is 2.22. The van der Waals surface area contributed by atoms with Gasteiger partial charge in [-0.2, -0.15) is 0 Å². The molecule has 21 heavy (non-hydrogen) atoms. The average molecular weight is 286 g/mol. The van der Waals surface area contributed by atoms with Crippen LogP contribution in [-0.4, -0.2) is 17.4 Å². The highest BCUT2D eigenvalue weighted by molar-refractivity contribution is 5.93. The van der Waals surface area contributed by atoms with Gasteiger partial charge in [0.05, 0.1) is 0 Å². The first kappa shape index (κ1) is 15.3. The molecule has 0 saturated heterocycles. The van der Waals surface area contributed by atoms with Crippen molar-refractivity contribution in [3.8, 4) is 11.5 Å². The molecule has 2 aromatic rings. The Bertz CT molecular complexity index is 600. The lowest BCUT2D eigenvalue weighted by Crippen LogP contribution is -2.25. The molecule has 4 nitrogen and oxygen atoms in total. The number of hydrogen-bond donors (Lipinski definition) is 1. The summed E-state index contributed by atoms with van der Waals surface area (Å²) >= 11 is 0. The van der Waals surface area contributed by atoms with E-state index in [2.05, 4.69) is 36.3 Å². The minimum Gasteiger partial charge on any atom is -0.441 e. The maximum atomic E-state index is 12.1. The zero-order valence-electron chi connectivity index (χ0n) is 12.9. The lowest BCUT2D eigenvalue weighted by atomic mass is 10.1. The standard InChI is InChI=1S/C17H22N2O2/c1-4-6-11-18-16(20)15-12(3)21-17(19-15)14-9-7-13(5-2)8-10-14/h7-10H,4-6,11H2,1-3H3,(H,18,20). The van der Waals surface area contributed by atoms with Crippen LogP contribution in [0.25, 0.3) is 11.5 Å². The summed E-state index contributed by atoms with van der Waals surface area (Å²) in [4.78, 5) is 16.4. The first-order chi connectivity index (χ1) is 10.2. The number of hydrogen-bond acceptors (Lipinski definition) is 3. The van der Waals surface area contributed by atoms with E-state index in [0.29, 0.717) is 23.9 Å². The van der Waals surface area contributed by atoms with Crippen LogP contribution in [0.4, 0.5) is 0 Å². The molecule has 0 fully saturated rings. The maximum Gasteiger partial charge on any atom is 0.273 e. The average Bonchev–Trinajstić information content (AvgIpc) is 2.89. The van der Waals surface area contributed by atoms with Crippen molar-refractivity contribution in [3.05, 3.63) is 41.3 Å². The van der Waals surface area contributed by atoms with Gasteiger partial charge in [0, 0.05) is 12.1 Å². The quantitative estimate of drug-likeness (QED) is 0.823. The highest BCUT2D eigenvalue weighted by atomic mass is 16.4. The third-order valence-electron chi connectivity index (χ3n) is 3.44. The van der Waals surface area contributed by atoms with E-state index in [4.69, 9.17) is 4.42 Å². The number of amides is 1. The van der Waals surface area contributed by atoms with E-state index in [1.807, 2.05) is 12.1 Å². The van der Waals surface area contributed by atoms with Gasteiger partial charge in [-0.1, -0.05) is 32.4 Å². The minimum absolute atomic E-state index is 0.166. The molecule has 0 radical (unpaired) electrons. The Kier molecular flexibility index (Phi) is 5.14. The third-order valence-corrected chi connectivity index (χ3v) is 3.44. The van der Waals surface area contributed by atoms with Crippen molar-refractivity contribution in [1.29, 1.82) is 0 Å². The topological polar surface area (TPSA) is 55.1 Å². The molecule has 0 aliphatic rings. The van der Waals surface area contributed by atoms with Gasteiger partial charge in [-0.05, 0) is 37.5 Å². The van der Waals surface area contributed by atoms with Crippen molar-refractivity contribution in [2.75, 3.05) is 6.54 Å². The summed E-state index contributed by atoms with van der Waals surface area (Å²) in [7, 11) is 0. The van der Waals surface area contributed by atoms with E-state index in [0.717, 1.165) is 24.8 Å². The summed E-state index contributed by atoms with van der Waals surface area (Å²) in [5.74, 6) is 0.885. The van der Waals surface area contributed by atoms with E-state index in [-0.39, 0.29) is 5.91 Å². The molecule has 4 heteroatoms. The van der Waals surface area contributed by atoms with E-state index in [1.54, 1.807) is 6.92 Å². The van der Waals surface area contributed by atoms with Crippen LogP contribution in [0, 0.1) is 6.92 Å². The summed E-state index contributed by atoms with van der Waals surface area (Å²) in [6.07, 6.45) is 3.01. The molecule has 1 heterocycles. The summed E-state index contributed by atoms with van der Waals surface area (Å²) in [6.45, 7) is 6.64. The third kappa shape index (κ3) is 3.72. The van der Waals surface area contributed by atoms with Gasteiger partial charge in [-0.3, -0.25) is 4.79 Å². The van der Waals surface area contributed by atoms with Crippen LogP contribution >= 0.6 is 0 Å². The first-order valence-electron chi connectivity index (χ1n) is 7.50. The van der Waals surface area contributed by atoms with Crippen LogP contribution < -0.4 is 5.32 Å². The molecule has 112 valence electrons. The molecule has 2 rings (SSSR count). The summed E-state index contributed by atoms with van der Waals surface area (Å²) in [5.41, 5.74) is 2.53. The molecular weight excluding hydrogens is 264 g/mol. The fraction of sp³-hybridized carbons (Fsp3) is 0.412. The van der Waals surface area contributed by atoms with Gasteiger partial charge in [0.25, 0.3) is 5.91 Å². The zero-order chi connectivity index (χ0) is 15.2. The summed E-state index contributed by atoms with van der Waals surface area (Å²) in [5, 5.41) is 2.86. The minimum atomic E-state index is -0.166. The van der Waals surface area contributed by atoms with Crippen LogP contribution in [-0.2, 0) is 6.42 Å².